The molecule has 0 fully saturated rings. The quantitative estimate of drug-likeness (QED) is 0.0873. The normalized spacial score (nSPS) is 11.3. The SMILES string of the molecule is NCc1ccccc1-c1ccc(-c2cc(CCC(=O)O)c(-c3ccc(-c4sc(-c5ccc(-c6ccccc6CN)s5)cc4CCC(=O)O)s3)s2)s1. The summed E-state index contributed by atoms with van der Waals surface area (Å²) in [7, 11) is 0. The molecule has 0 saturated carbocycles. The lowest BCUT2D eigenvalue weighted by Crippen LogP contribution is -1.97. The number of aliphatic carboxylic acids is 2. The topological polar surface area (TPSA) is 127 Å². The molecule has 6 N–H and O–H groups in total. The first-order chi connectivity index (χ1) is 24.8. The zero-order valence-corrected chi connectivity index (χ0v) is 31.5. The summed E-state index contributed by atoms with van der Waals surface area (Å²) in [5.41, 5.74) is 18.6. The lowest BCUT2D eigenvalue weighted by molar-refractivity contribution is -0.138. The molecular weight excluding hydrogens is 733 g/mol. The maximum atomic E-state index is 11.6. The number of benzene rings is 2. The highest BCUT2D eigenvalue weighted by molar-refractivity contribution is 7.30. The van der Waals surface area contributed by atoms with E-state index in [0.29, 0.717) is 25.9 Å². The van der Waals surface area contributed by atoms with E-state index in [-0.39, 0.29) is 12.8 Å². The van der Waals surface area contributed by atoms with Crippen molar-refractivity contribution in [2.75, 3.05) is 0 Å². The Balaban J connectivity index is 1.23. The molecule has 0 radical (unpaired) electrons. The summed E-state index contributed by atoms with van der Waals surface area (Å²) in [4.78, 5) is 34.3. The van der Waals surface area contributed by atoms with Crippen LogP contribution in [-0.4, -0.2) is 22.2 Å². The van der Waals surface area contributed by atoms with Crippen molar-refractivity contribution in [2.24, 2.45) is 11.5 Å². The van der Waals surface area contributed by atoms with Crippen LogP contribution in [-0.2, 0) is 35.5 Å². The van der Waals surface area contributed by atoms with Gasteiger partial charge in [0.05, 0.1) is 0 Å². The van der Waals surface area contributed by atoms with Crippen LogP contribution in [0.3, 0.4) is 0 Å². The van der Waals surface area contributed by atoms with E-state index in [4.69, 9.17) is 11.5 Å². The Morgan fingerprint density at radius 3 is 1.24 bits per heavy atom. The minimum atomic E-state index is -0.824. The molecule has 0 bridgehead atoms. The van der Waals surface area contributed by atoms with Gasteiger partial charge < -0.3 is 21.7 Å². The highest BCUT2D eigenvalue weighted by Gasteiger charge is 2.21. The minimum Gasteiger partial charge on any atom is -0.481 e. The predicted octanol–water partition coefficient (Wildman–Crippen LogP) is 10.9. The summed E-state index contributed by atoms with van der Waals surface area (Å²) in [5.74, 6) is -1.65. The second kappa shape index (κ2) is 15.6. The molecule has 0 spiro atoms. The van der Waals surface area contributed by atoms with Crippen LogP contribution in [0.2, 0.25) is 0 Å². The van der Waals surface area contributed by atoms with Gasteiger partial charge in [0.2, 0.25) is 0 Å². The molecule has 258 valence electrons. The Kier molecular flexibility index (Phi) is 10.8. The third-order valence-electron chi connectivity index (χ3n) is 8.59. The molecule has 0 aliphatic rings. The van der Waals surface area contributed by atoms with Gasteiger partial charge in [-0.3, -0.25) is 9.59 Å². The summed E-state index contributed by atoms with van der Waals surface area (Å²) in [5, 5.41) is 19.1. The first kappa shape index (κ1) is 35.2. The van der Waals surface area contributed by atoms with Gasteiger partial charge in [-0.1, -0.05) is 48.5 Å². The monoisotopic (exact) mass is 766 g/mol. The average Bonchev–Trinajstić information content (AvgIpc) is 3.98. The van der Waals surface area contributed by atoms with Gasteiger partial charge >= 0.3 is 11.9 Å². The number of nitrogens with two attached hydrogens (primary N) is 2. The largest absolute Gasteiger partial charge is 0.481 e. The molecule has 6 nitrogen and oxygen atoms in total. The van der Waals surface area contributed by atoms with Crippen LogP contribution >= 0.6 is 56.7 Å². The van der Waals surface area contributed by atoms with Crippen molar-refractivity contribution in [3.05, 3.63) is 119 Å². The van der Waals surface area contributed by atoms with E-state index in [2.05, 4.69) is 72.8 Å². The zero-order chi connectivity index (χ0) is 35.5. The first-order valence-electron chi connectivity index (χ1n) is 16.4. The Morgan fingerprint density at radius 2 is 0.824 bits per heavy atom. The van der Waals surface area contributed by atoms with E-state index in [1.54, 1.807) is 56.7 Å². The fraction of sp³-hybridized carbons (Fsp3) is 0.150. The van der Waals surface area contributed by atoms with E-state index in [9.17, 15) is 19.8 Å². The Morgan fingerprint density at radius 1 is 0.451 bits per heavy atom. The van der Waals surface area contributed by atoms with E-state index < -0.39 is 11.9 Å². The van der Waals surface area contributed by atoms with E-state index in [1.807, 2.05) is 24.3 Å². The average molecular weight is 767 g/mol. The molecule has 11 heteroatoms. The van der Waals surface area contributed by atoms with Crippen molar-refractivity contribution in [1.82, 2.24) is 0 Å². The molecule has 51 heavy (non-hydrogen) atoms. The number of carboxylic acids is 2. The number of hydrogen-bond donors (Lipinski definition) is 4. The lowest BCUT2D eigenvalue weighted by atomic mass is 10.1. The summed E-state index contributed by atoms with van der Waals surface area (Å²) >= 11 is 8.48. The second-order valence-corrected chi connectivity index (χ2v) is 17.3. The summed E-state index contributed by atoms with van der Waals surface area (Å²) in [6, 6.07) is 33.4. The van der Waals surface area contributed by atoms with Crippen LogP contribution in [0.4, 0.5) is 0 Å². The molecule has 0 unspecified atom stereocenters. The molecule has 7 aromatic rings. The molecule has 0 amide bonds. The van der Waals surface area contributed by atoms with E-state index >= 15 is 0 Å². The molecule has 5 heterocycles. The number of thiophene rings is 5. The van der Waals surface area contributed by atoms with Crippen molar-refractivity contribution in [3.8, 4) is 59.9 Å². The van der Waals surface area contributed by atoms with Crippen LogP contribution < -0.4 is 11.5 Å². The third kappa shape index (κ3) is 7.70. The standard InChI is InChI=1S/C40H34N2O4S5/c41-21-25-5-1-3-7-27(25)29-11-13-31(47-29)35-19-23(9-17-37(43)44)39(50-35)33-15-16-34(49-33)40-24(10-18-38(45)46)20-36(51-40)32-14-12-30(48-32)28-8-4-2-6-26(28)22-42/h1-8,11-16,19-20H,9-10,17-18,21-22,41-42H2,(H,43,44)(H,45,46). The van der Waals surface area contributed by atoms with Crippen LogP contribution in [0.15, 0.2) is 97.1 Å². The van der Waals surface area contributed by atoms with Crippen LogP contribution in [0.5, 0.6) is 0 Å². The minimum absolute atomic E-state index is 0.0488. The van der Waals surface area contributed by atoms with Crippen molar-refractivity contribution in [3.63, 3.8) is 0 Å². The molecule has 5 aromatic heterocycles. The van der Waals surface area contributed by atoms with Gasteiger partial charge in [-0.15, -0.1) is 56.7 Å². The van der Waals surface area contributed by atoms with Crippen molar-refractivity contribution in [2.45, 2.75) is 38.8 Å². The Bertz CT molecular complexity index is 2180. The molecule has 7 rings (SSSR count). The van der Waals surface area contributed by atoms with Gasteiger partial charge in [0, 0.05) is 74.7 Å². The second-order valence-electron chi connectivity index (χ2n) is 11.9. The fourth-order valence-electron chi connectivity index (χ4n) is 6.06. The predicted molar refractivity (Wildman–Crippen MR) is 216 cm³/mol. The van der Waals surface area contributed by atoms with E-state index in [0.717, 1.165) is 82.2 Å². The van der Waals surface area contributed by atoms with Crippen LogP contribution in [0, 0.1) is 0 Å². The van der Waals surface area contributed by atoms with Gasteiger partial charge in [-0.05, 0) is 94.8 Å². The van der Waals surface area contributed by atoms with Crippen molar-refractivity contribution in [1.29, 1.82) is 0 Å². The Labute approximate surface area is 315 Å². The summed E-state index contributed by atoms with van der Waals surface area (Å²) in [6.45, 7) is 0.933. The number of carboxylic acid groups (broad SMARTS) is 2. The highest BCUT2D eigenvalue weighted by Crippen LogP contribution is 2.49. The smallest absolute Gasteiger partial charge is 0.303 e. The van der Waals surface area contributed by atoms with Gasteiger partial charge in [-0.25, -0.2) is 0 Å². The summed E-state index contributed by atoms with van der Waals surface area (Å²) < 4.78 is 0. The fourth-order valence-corrected chi connectivity index (χ4v) is 12.1. The van der Waals surface area contributed by atoms with Crippen LogP contribution in [0.1, 0.15) is 35.1 Å². The Hall–Kier alpha value is -4.20. The third-order valence-corrected chi connectivity index (χ3v) is 15.0. The summed E-state index contributed by atoms with van der Waals surface area (Å²) in [6.07, 6.45) is 0.966. The molecule has 0 aliphatic heterocycles. The van der Waals surface area contributed by atoms with Gasteiger partial charge in [0.15, 0.2) is 0 Å². The maximum absolute atomic E-state index is 11.6. The molecule has 0 aliphatic carbocycles. The highest BCUT2D eigenvalue weighted by atomic mass is 32.1. The first-order valence-corrected chi connectivity index (χ1v) is 20.5. The van der Waals surface area contributed by atoms with Crippen LogP contribution in [0.25, 0.3) is 59.9 Å². The number of aryl methyl sites for hydroxylation is 2. The number of carbonyl (C=O) groups is 2. The van der Waals surface area contributed by atoms with E-state index in [1.165, 1.54) is 0 Å². The van der Waals surface area contributed by atoms with Crippen molar-refractivity contribution >= 4 is 68.6 Å². The maximum Gasteiger partial charge on any atom is 0.303 e. The lowest BCUT2D eigenvalue weighted by Gasteiger charge is -2.04. The molecule has 0 atom stereocenters. The molecular formula is C40H34N2O4S5. The van der Waals surface area contributed by atoms with Gasteiger partial charge in [0.1, 0.15) is 0 Å². The molecule has 2 aromatic carbocycles. The van der Waals surface area contributed by atoms with Gasteiger partial charge in [0.25, 0.3) is 0 Å². The zero-order valence-electron chi connectivity index (χ0n) is 27.4. The number of hydrogen-bond acceptors (Lipinski definition) is 9. The molecule has 0 saturated heterocycles. The number of rotatable bonds is 14. The van der Waals surface area contributed by atoms with Crippen molar-refractivity contribution < 1.29 is 19.8 Å². The van der Waals surface area contributed by atoms with Gasteiger partial charge in [-0.2, -0.15) is 0 Å².